The molecule has 3 heteroatoms. The van der Waals surface area contributed by atoms with Gasteiger partial charge in [-0.2, -0.15) is 5.26 Å². The third-order valence-electron chi connectivity index (χ3n) is 2.09. The molecule has 0 heterocycles. The highest BCUT2D eigenvalue weighted by Crippen LogP contribution is 2.16. The number of nitrogens with zero attached hydrogens (tertiary/aromatic N) is 1. The summed E-state index contributed by atoms with van der Waals surface area (Å²) in [5.74, 6) is 0.0423. The molecule has 0 bridgehead atoms. The molecule has 0 spiro atoms. The molecule has 72 valence electrons. The maximum Gasteiger partial charge on any atom is 0.173 e. The number of carbonyl (C=O) groups is 1. The Hall–Kier alpha value is -1.14. The number of carbonyl (C=O) groups excluding carboxylic acids is 1. The fraction of sp³-hybridized carbons (Fsp3) is 0.273. The number of hydrogen-bond acceptors (Lipinski definition) is 2. The van der Waals surface area contributed by atoms with Gasteiger partial charge in [-0.1, -0.05) is 15.9 Å². The predicted octanol–water partition coefficient (Wildman–Crippen LogP) is 2.75. The van der Waals surface area contributed by atoms with E-state index in [1.54, 1.807) is 12.1 Å². The lowest BCUT2D eigenvalue weighted by Crippen LogP contribution is -2.02. The summed E-state index contributed by atoms with van der Waals surface area (Å²) < 4.78 is 0. The van der Waals surface area contributed by atoms with Gasteiger partial charge in [0, 0.05) is 5.56 Å². The standard InChI is InChI=1S/C11H10BrNO/c1-7-3-9(11(14)5-12)4-8(2)10(7)6-13/h3-4H,5H2,1-2H3. The highest BCUT2D eigenvalue weighted by Gasteiger charge is 2.08. The van der Waals surface area contributed by atoms with E-state index in [0.717, 1.165) is 11.1 Å². The molecular weight excluding hydrogens is 242 g/mol. The second-order valence-corrected chi connectivity index (χ2v) is 3.71. The maximum atomic E-state index is 11.4. The zero-order valence-corrected chi connectivity index (χ0v) is 9.68. The van der Waals surface area contributed by atoms with Crippen LogP contribution >= 0.6 is 15.9 Å². The van der Waals surface area contributed by atoms with Crippen molar-refractivity contribution in [1.82, 2.24) is 0 Å². The molecule has 2 nitrogen and oxygen atoms in total. The first-order valence-electron chi connectivity index (χ1n) is 4.20. The van der Waals surface area contributed by atoms with Crippen LogP contribution in [0.3, 0.4) is 0 Å². The smallest absolute Gasteiger partial charge is 0.173 e. The number of Topliss-reactive ketones (excluding diaryl/α,β-unsaturated/α-hetero) is 1. The number of nitriles is 1. The van der Waals surface area contributed by atoms with Gasteiger partial charge < -0.3 is 0 Å². The first-order valence-corrected chi connectivity index (χ1v) is 5.32. The minimum atomic E-state index is 0.0423. The van der Waals surface area contributed by atoms with Gasteiger partial charge in [-0.3, -0.25) is 4.79 Å². The molecular formula is C11H10BrNO. The monoisotopic (exact) mass is 251 g/mol. The van der Waals surface area contributed by atoms with Gasteiger partial charge in [0.25, 0.3) is 0 Å². The molecule has 0 unspecified atom stereocenters. The fourth-order valence-corrected chi connectivity index (χ4v) is 1.70. The van der Waals surface area contributed by atoms with Crippen LogP contribution in [0.15, 0.2) is 12.1 Å². The summed E-state index contributed by atoms with van der Waals surface area (Å²) in [5.41, 5.74) is 3.04. The molecule has 0 amide bonds. The number of aryl methyl sites for hydroxylation is 2. The molecule has 0 fully saturated rings. The second-order valence-electron chi connectivity index (χ2n) is 3.15. The molecule has 1 aromatic carbocycles. The van der Waals surface area contributed by atoms with Gasteiger partial charge in [0.2, 0.25) is 0 Å². The largest absolute Gasteiger partial charge is 0.293 e. The Balaban J connectivity index is 3.29. The molecule has 0 N–H and O–H groups in total. The van der Waals surface area contributed by atoms with Crippen molar-refractivity contribution in [1.29, 1.82) is 5.26 Å². The minimum absolute atomic E-state index is 0.0423. The Morgan fingerprint density at radius 3 is 2.29 bits per heavy atom. The van der Waals surface area contributed by atoms with Crippen molar-refractivity contribution in [2.75, 3.05) is 5.33 Å². The zero-order chi connectivity index (χ0) is 10.7. The van der Waals surface area contributed by atoms with Crippen molar-refractivity contribution in [3.8, 4) is 6.07 Å². The van der Waals surface area contributed by atoms with Crippen LogP contribution in [0.4, 0.5) is 0 Å². The van der Waals surface area contributed by atoms with Crippen LogP contribution in [-0.2, 0) is 0 Å². The summed E-state index contributed by atoms with van der Waals surface area (Å²) in [6, 6.07) is 5.64. The van der Waals surface area contributed by atoms with E-state index in [0.29, 0.717) is 16.5 Å². The number of alkyl halides is 1. The molecule has 0 saturated heterocycles. The van der Waals surface area contributed by atoms with E-state index in [2.05, 4.69) is 22.0 Å². The highest BCUT2D eigenvalue weighted by atomic mass is 79.9. The zero-order valence-electron chi connectivity index (χ0n) is 8.10. The van der Waals surface area contributed by atoms with Crippen LogP contribution < -0.4 is 0 Å². The molecule has 0 atom stereocenters. The van der Waals surface area contributed by atoms with Crippen molar-refractivity contribution in [3.05, 3.63) is 34.4 Å². The fourth-order valence-electron chi connectivity index (χ4n) is 1.38. The van der Waals surface area contributed by atoms with Crippen LogP contribution in [0.25, 0.3) is 0 Å². The van der Waals surface area contributed by atoms with Crippen LogP contribution in [0, 0.1) is 25.2 Å². The third kappa shape index (κ3) is 2.02. The van der Waals surface area contributed by atoms with Gasteiger partial charge >= 0.3 is 0 Å². The Morgan fingerprint density at radius 2 is 1.93 bits per heavy atom. The topological polar surface area (TPSA) is 40.9 Å². The van der Waals surface area contributed by atoms with Gasteiger partial charge in [0.05, 0.1) is 17.0 Å². The number of benzene rings is 1. The molecule has 0 aliphatic rings. The van der Waals surface area contributed by atoms with Crippen molar-refractivity contribution in [2.24, 2.45) is 0 Å². The van der Waals surface area contributed by atoms with Crippen LogP contribution in [-0.4, -0.2) is 11.1 Å². The van der Waals surface area contributed by atoms with Crippen molar-refractivity contribution in [3.63, 3.8) is 0 Å². The summed E-state index contributed by atoms with van der Waals surface area (Å²) in [6.07, 6.45) is 0. The summed E-state index contributed by atoms with van der Waals surface area (Å²) in [4.78, 5) is 11.4. The second kappa shape index (κ2) is 4.39. The molecule has 1 rings (SSSR count). The Kier molecular flexibility index (Phi) is 3.43. The maximum absolute atomic E-state index is 11.4. The summed E-state index contributed by atoms with van der Waals surface area (Å²) in [7, 11) is 0. The summed E-state index contributed by atoms with van der Waals surface area (Å²) in [5, 5.41) is 9.16. The normalized spacial score (nSPS) is 9.57. The van der Waals surface area contributed by atoms with Crippen molar-refractivity contribution >= 4 is 21.7 Å². The van der Waals surface area contributed by atoms with E-state index in [-0.39, 0.29) is 5.78 Å². The summed E-state index contributed by atoms with van der Waals surface area (Å²) in [6.45, 7) is 3.69. The van der Waals surface area contributed by atoms with E-state index >= 15 is 0 Å². The first kappa shape index (κ1) is 10.9. The van der Waals surface area contributed by atoms with Crippen molar-refractivity contribution < 1.29 is 4.79 Å². The van der Waals surface area contributed by atoms with Crippen LogP contribution in [0.2, 0.25) is 0 Å². The Labute approximate surface area is 91.7 Å². The molecule has 0 aromatic heterocycles. The van der Waals surface area contributed by atoms with E-state index in [1.807, 2.05) is 13.8 Å². The third-order valence-corrected chi connectivity index (χ3v) is 2.60. The molecule has 14 heavy (non-hydrogen) atoms. The lowest BCUT2D eigenvalue weighted by Gasteiger charge is -2.05. The predicted molar refractivity (Wildman–Crippen MR) is 58.8 cm³/mol. The van der Waals surface area contributed by atoms with Gasteiger partial charge in [0.15, 0.2) is 5.78 Å². The lowest BCUT2D eigenvalue weighted by atomic mass is 9.99. The Morgan fingerprint density at radius 1 is 1.43 bits per heavy atom. The molecule has 0 saturated carbocycles. The Bertz CT molecular complexity index is 395. The van der Waals surface area contributed by atoms with Gasteiger partial charge in [-0.25, -0.2) is 0 Å². The van der Waals surface area contributed by atoms with Gasteiger partial charge in [-0.05, 0) is 37.1 Å². The lowest BCUT2D eigenvalue weighted by molar-refractivity contribution is 0.102. The number of ketones is 1. The minimum Gasteiger partial charge on any atom is -0.293 e. The van der Waals surface area contributed by atoms with E-state index in [4.69, 9.17) is 5.26 Å². The first-order chi connectivity index (χ1) is 6.60. The quantitative estimate of drug-likeness (QED) is 0.599. The molecule has 1 aromatic rings. The number of halogens is 1. The molecule has 0 aliphatic heterocycles. The van der Waals surface area contributed by atoms with Crippen LogP contribution in [0.5, 0.6) is 0 Å². The average Bonchev–Trinajstić information content (AvgIpc) is 2.16. The molecule has 0 radical (unpaired) electrons. The SMILES string of the molecule is Cc1cc(C(=O)CBr)cc(C)c1C#N. The van der Waals surface area contributed by atoms with E-state index in [1.165, 1.54) is 0 Å². The number of rotatable bonds is 2. The highest BCUT2D eigenvalue weighted by molar-refractivity contribution is 9.09. The van der Waals surface area contributed by atoms with E-state index in [9.17, 15) is 4.79 Å². The molecule has 0 aliphatic carbocycles. The van der Waals surface area contributed by atoms with E-state index < -0.39 is 0 Å². The van der Waals surface area contributed by atoms with Gasteiger partial charge in [0.1, 0.15) is 0 Å². The average molecular weight is 252 g/mol. The van der Waals surface area contributed by atoms with Crippen LogP contribution in [0.1, 0.15) is 27.0 Å². The van der Waals surface area contributed by atoms with Crippen molar-refractivity contribution in [2.45, 2.75) is 13.8 Å². The number of hydrogen-bond donors (Lipinski definition) is 0. The summed E-state index contributed by atoms with van der Waals surface area (Å²) >= 11 is 3.12. The van der Waals surface area contributed by atoms with Gasteiger partial charge in [-0.15, -0.1) is 0 Å².